The molecular formula is C31H33N7O5. The number of amides is 2. The zero-order valence-electron chi connectivity index (χ0n) is 23.4. The Labute approximate surface area is 248 Å². The van der Waals surface area contributed by atoms with E-state index in [0.717, 1.165) is 21.6 Å². The Hall–Kier alpha value is -5.49. The zero-order chi connectivity index (χ0) is 30.8. The van der Waals surface area contributed by atoms with Crippen LogP contribution in [0.2, 0.25) is 0 Å². The molecule has 0 saturated carbocycles. The maximum atomic E-state index is 13.2. The highest BCUT2D eigenvalue weighted by atomic mass is 16.6. The van der Waals surface area contributed by atoms with E-state index < -0.39 is 30.0 Å². The Bertz CT molecular complexity index is 1570. The summed E-state index contributed by atoms with van der Waals surface area (Å²) >= 11 is 0. The van der Waals surface area contributed by atoms with Crippen LogP contribution in [-0.4, -0.2) is 56.1 Å². The van der Waals surface area contributed by atoms with E-state index in [2.05, 4.69) is 9.98 Å². The summed E-state index contributed by atoms with van der Waals surface area (Å²) in [6.45, 7) is -0.425. The van der Waals surface area contributed by atoms with Crippen LogP contribution in [0.4, 0.5) is 10.7 Å². The van der Waals surface area contributed by atoms with Crippen LogP contribution in [0.5, 0.6) is 0 Å². The Balaban J connectivity index is 1.58. The number of aliphatic carboxylic acids is 1. The van der Waals surface area contributed by atoms with Crippen molar-refractivity contribution in [1.82, 2.24) is 14.5 Å². The van der Waals surface area contributed by atoms with E-state index >= 15 is 0 Å². The molecule has 0 aliphatic carbocycles. The molecule has 0 spiro atoms. The normalized spacial score (nSPS) is 12.0. The average molecular weight is 584 g/mol. The molecule has 12 heteroatoms. The summed E-state index contributed by atoms with van der Waals surface area (Å²) in [5, 5.41) is 9.10. The predicted octanol–water partition coefficient (Wildman–Crippen LogP) is 3.47. The molecule has 0 bridgehead atoms. The van der Waals surface area contributed by atoms with Crippen molar-refractivity contribution in [3.05, 3.63) is 96.6 Å². The van der Waals surface area contributed by atoms with E-state index in [1.807, 2.05) is 66.7 Å². The van der Waals surface area contributed by atoms with Gasteiger partial charge in [-0.2, -0.15) is 4.99 Å². The van der Waals surface area contributed by atoms with E-state index in [0.29, 0.717) is 11.4 Å². The predicted molar refractivity (Wildman–Crippen MR) is 162 cm³/mol. The molecule has 7 N–H and O–H groups in total. The first-order chi connectivity index (χ1) is 20.7. The Morgan fingerprint density at radius 3 is 2.12 bits per heavy atom. The number of aliphatic imine (C=N–C) groups is 1. The molecule has 222 valence electrons. The molecule has 4 aromatic rings. The van der Waals surface area contributed by atoms with Crippen molar-refractivity contribution in [1.29, 1.82) is 0 Å². The van der Waals surface area contributed by atoms with Gasteiger partial charge in [-0.1, -0.05) is 91.0 Å². The Morgan fingerprint density at radius 2 is 1.51 bits per heavy atom. The first-order valence-electron chi connectivity index (χ1n) is 13.5. The topological polar surface area (TPSA) is 192 Å². The molecule has 0 aliphatic heterocycles. The summed E-state index contributed by atoms with van der Waals surface area (Å²) in [7, 11) is 0. The van der Waals surface area contributed by atoms with Gasteiger partial charge in [-0.15, -0.1) is 0 Å². The third-order valence-electron chi connectivity index (χ3n) is 6.54. The number of carbonyl (C=O) groups excluding carboxylic acids is 2. The van der Waals surface area contributed by atoms with Crippen LogP contribution in [0.3, 0.4) is 0 Å². The Kier molecular flexibility index (Phi) is 10.2. The highest BCUT2D eigenvalue weighted by Crippen LogP contribution is 2.33. The minimum Gasteiger partial charge on any atom is -0.480 e. The monoisotopic (exact) mass is 583 g/mol. The van der Waals surface area contributed by atoms with Crippen LogP contribution < -0.4 is 17.2 Å². The SMILES string of the molecule is NC(=NC(=O)Cn1c(N)nc(-c2ccccc2)c1-c1ccccc1)N(CCC[C@H](N)C(=O)O)C(=O)OCc1ccccc1. The van der Waals surface area contributed by atoms with Crippen molar-refractivity contribution in [2.75, 3.05) is 12.3 Å². The molecule has 2 amide bonds. The number of carbonyl (C=O) groups is 3. The molecular weight excluding hydrogens is 550 g/mol. The number of nitrogen functional groups attached to an aromatic ring is 1. The van der Waals surface area contributed by atoms with Crippen molar-refractivity contribution in [3.63, 3.8) is 0 Å². The summed E-state index contributed by atoms with van der Waals surface area (Å²) in [4.78, 5) is 46.9. The molecule has 12 nitrogen and oxygen atoms in total. The number of hydrogen-bond donors (Lipinski definition) is 4. The van der Waals surface area contributed by atoms with Gasteiger partial charge in [0.25, 0.3) is 5.91 Å². The van der Waals surface area contributed by atoms with Gasteiger partial charge in [-0.25, -0.2) is 14.7 Å². The van der Waals surface area contributed by atoms with E-state index in [1.165, 1.54) is 0 Å². The molecule has 1 heterocycles. The second-order valence-corrected chi connectivity index (χ2v) is 9.63. The molecule has 0 aliphatic rings. The number of guanidine groups is 1. The zero-order valence-corrected chi connectivity index (χ0v) is 23.4. The van der Waals surface area contributed by atoms with Crippen molar-refractivity contribution in [3.8, 4) is 22.5 Å². The minimum atomic E-state index is -1.17. The number of hydrogen-bond acceptors (Lipinski definition) is 7. The lowest BCUT2D eigenvalue weighted by Gasteiger charge is -2.21. The summed E-state index contributed by atoms with van der Waals surface area (Å²) in [5.41, 5.74) is 21.6. The second-order valence-electron chi connectivity index (χ2n) is 9.63. The van der Waals surface area contributed by atoms with Gasteiger partial charge in [0.05, 0.1) is 11.4 Å². The number of anilines is 1. The minimum absolute atomic E-state index is 0.0414. The number of aromatic nitrogens is 2. The highest BCUT2D eigenvalue weighted by molar-refractivity contribution is 5.99. The van der Waals surface area contributed by atoms with Gasteiger partial charge in [0, 0.05) is 17.7 Å². The van der Waals surface area contributed by atoms with E-state index in [1.54, 1.807) is 28.8 Å². The summed E-state index contributed by atoms with van der Waals surface area (Å²) in [5.74, 6) is -2.17. The van der Waals surface area contributed by atoms with Crippen LogP contribution in [0.25, 0.3) is 22.5 Å². The number of ether oxygens (including phenoxy) is 1. The lowest BCUT2D eigenvalue weighted by molar-refractivity contribution is -0.138. The van der Waals surface area contributed by atoms with Gasteiger partial charge in [-0.3, -0.25) is 9.59 Å². The number of rotatable bonds is 11. The lowest BCUT2D eigenvalue weighted by Crippen LogP contribution is -2.44. The molecule has 0 unspecified atom stereocenters. The average Bonchev–Trinajstić information content (AvgIpc) is 3.34. The molecule has 0 saturated heterocycles. The highest BCUT2D eigenvalue weighted by Gasteiger charge is 2.24. The summed E-state index contributed by atoms with van der Waals surface area (Å²) in [6.07, 6.45) is -0.612. The summed E-state index contributed by atoms with van der Waals surface area (Å²) in [6, 6.07) is 26.7. The smallest absolute Gasteiger partial charge is 0.416 e. The fraction of sp³-hybridized carbons (Fsp3) is 0.194. The summed E-state index contributed by atoms with van der Waals surface area (Å²) < 4.78 is 6.94. The molecule has 1 atom stereocenters. The molecule has 3 aromatic carbocycles. The van der Waals surface area contributed by atoms with Gasteiger partial charge in [0.1, 0.15) is 19.2 Å². The second kappa shape index (κ2) is 14.4. The van der Waals surface area contributed by atoms with E-state index in [9.17, 15) is 14.4 Å². The molecule has 0 fully saturated rings. The quantitative estimate of drug-likeness (QED) is 0.151. The van der Waals surface area contributed by atoms with Crippen LogP contribution in [0.15, 0.2) is 96.0 Å². The molecule has 4 rings (SSSR count). The number of nitrogens with two attached hydrogens (primary N) is 3. The molecule has 1 aromatic heterocycles. The Morgan fingerprint density at radius 1 is 0.930 bits per heavy atom. The third-order valence-corrected chi connectivity index (χ3v) is 6.54. The van der Waals surface area contributed by atoms with Gasteiger partial charge in [0.2, 0.25) is 11.9 Å². The standard InChI is InChI=1S/C31H33N7O5/c32-24(28(40)41)17-10-18-37(31(42)43-20-21-11-4-1-5-12-21)29(33)35-25(39)19-38-27(23-15-8-3-9-16-23)26(36-30(38)34)22-13-6-2-7-14-22/h1-9,11-16,24H,10,17-20,32H2,(H2,34,36)(H,40,41)(H2,33,35,39)/t24-/m0/s1. The van der Waals surface area contributed by atoms with Crippen LogP contribution in [0.1, 0.15) is 18.4 Å². The van der Waals surface area contributed by atoms with Gasteiger partial charge in [-0.05, 0) is 18.4 Å². The number of benzene rings is 3. The first kappa shape index (κ1) is 30.5. The van der Waals surface area contributed by atoms with E-state index in [-0.39, 0.29) is 38.5 Å². The van der Waals surface area contributed by atoms with Gasteiger partial charge >= 0.3 is 12.1 Å². The fourth-order valence-corrected chi connectivity index (χ4v) is 4.36. The first-order valence-corrected chi connectivity index (χ1v) is 13.5. The van der Waals surface area contributed by atoms with Crippen molar-refractivity contribution in [2.45, 2.75) is 32.0 Å². The maximum Gasteiger partial charge on any atom is 0.416 e. The fourth-order valence-electron chi connectivity index (χ4n) is 4.36. The van der Waals surface area contributed by atoms with Gasteiger partial charge < -0.3 is 31.6 Å². The van der Waals surface area contributed by atoms with Crippen LogP contribution >= 0.6 is 0 Å². The van der Waals surface area contributed by atoms with E-state index in [4.69, 9.17) is 27.0 Å². The lowest BCUT2D eigenvalue weighted by atomic mass is 10.0. The maximum absolute atomic E-state index is 13.2. The van der Waals surface area contributed by atoms with Gasteiger partial charge in [0.15, 0.2) is 0 Å². The number of carboxylic acids is 1. The third kappa shape index (κ3) is 8.05. The molecule has 0 radical (unpaired) electrons. The van der Waals surface area contributed by atoms with Crippen molar-refractivity contribution in [2.24, 2.45) is 16.5 Å². The molecule has 43 heavy (non-hydrogen) atoms. The number of carboxylic acid groups (broad SMARTS) is 1. The van der Waals surface area contributed by atoms with Crippen LogP contribution in [-0.2, 0) is 27.5 Å². The van der Waals surface area contributed by atoms with Crippen molar-refractivity contribution >= 4 is 29.9 Å². The number of nitrogens with zero attached hydrogens (tertiary/aromatic N) is 4. The number of imidazole rings is 1. The van der Waals surface area contributed by atoms with Crippen LogP contribution in [0, 0.1) is 0 Å². The largest absolute Gasteiger partial charge is 0.480 e. The van der Waals surface area contributed by atoms with Crippen molar-refractivity contribution < 1.29 is 24.2 Å².